The molecular weight excluding hydrogens is 508 g/mol. The van der Waals surface area contributed by atoms with E-state index in [-0.39, 0.29) is 24.1 Å². The molecule has 9 nitrogen and oxygen atoms in total. The van der Waals surface area contributed by atoms with Gasteiger partial charge in [-0.3, -0.25) is 24.1 Å². The van der Waals surface area contributed by atoms with Crippen molar-refractivity contribution in [2.45, 2.75) is 95.7 Å². The molecule has 0 radical (unpaired) electrons. The first-order valence-corrected chi connectivity index (χ1v) is 14.3. The van der Waals surface area contributed by atoms with Crippen LogP contribution in [0.2, 0.25) is 0 Å². The summed E-state index contributed by atoms with van der Waals surface area (Å²) in [5.41, 5.74) is 14.8. The molecule has 9 heteroatoms. The van der Waals surface area contributed by atoms with Crippen molar-refractivity contribution in [1.29, 1.82) is 0 Å². The molecule has 0 spiro atoms. The number of amides is 4. The van der Waals surface area contributed by atoms with Gasteiger partial charge in [-0.2, -0.15) is 0 Å². The molecule has 4 amide bonds. The first kappa shape index (κ1) is 29.1. The Morgan fingerprint density at radius 1 is 1.00 bits per heavy atom. The van der Waals surface area contributed by atoms with Gasteiger partial charge in [0.2, 0.25) is 23.6 Å². The number of primary amides is 2. The summed E-state index contributed by atoms with van der Waals surface area (Å²) in [5, 5.41) is 3.09. The summed E-state index contributed by atoms with van der Waals surface area (Å²) in [5.74, 6) is -0.352. The van der Waals surface area contributed by atoms with E-state index in [2.05, 4.69) is 5.32 Å². The molecule has 0 fully saturated rings. The molecule has 0 bridgehead atoms. The zero-order valence-electron chi connectivity index (χ0n) is 23.2. The summed E-state index contributed by atoms with van der Waals surface area (Å²) in [7, 11) is 0. The van der Waals surface area contributed by atoms with Crippen LogP contribution in [0.5, 0.6) is 5.75 Å². The third kappa shape index (κ3) is 7.40. The normalized spacial score (nSPS) is 17.5. The van der Waals surface area contributed by atoms with E-state index in [1.807, 2.05) is 49.4 Å². The zero-order chi connectivity index (χ0) is 28.6. The van der Waals surface area contributed by atoms with E-state index >= 15 is 0 Å². The third-order valence-corrected chi connectivity index (χ3v) is 7.78. The van der Waals surface area contributed by atoms with Crippen molar-refractivity contribution in [3.8, 4) is 5.75 Å². The number of nitrogens with two attached hydrogens (primary N) is 2. The highest BCUT2D eigenvalue weighted by atomic mass is 16.5. The summed E-state index contributed by atoms with van der Waals surface area (Å²) in [4.78, 5) is 50.9. The molecule has 5 N–H and O–H groups in total. The van der Waals surface area contributed by atoms with Gasteiger partial charge in [0, 0.05) is 25.7 Å². The van der Waals surface area contributed by atoms with Gasteiger partial charge in [-0.05, 0) is 74.3 Å². The van der Waals surface area contributed by atoms with Crippen LogP contribution in [-0.4, -0.2) is 41.8 Å². The number of benzene rings is 2. The number of anilines is 1. The maximum absolute atomic E-state index is 13.7. The lowest BCUT2D eigenvalue weighted by molar-refractivity contribution is -0.127. The van der Waals surface area contributed by atoms with Crippen LogP contribution >= 0.6 is 0 Å². The Kier molecular flexibility index (Phi) is 9.79. The van der Waals surface area contributed by atoms with Gasteiger partial charge in [-0.1, -0.05) is 36.8 Å². The van der Waals surface area contributed by atoms with Gasteiger partial charge < -0.3 is 21.5 Å². The molecule has 214 valence electrons. The minimum absolute atomic E-state index is 0.0340. The number of nitrogens with one attached hydrogen (secondary N) is 1. The topological polar surface area (TPSA) is 145 Å². The lowest BCUT2D eigenvalue weighted by atomic mass is 10.0. The first-order valence-electron chi connectivity index (χ1n) is 14.3. The standard InChI is InChI=1S/C31H40N4O5/c1-20(40-24-13-5-9-21(18-24)8-3-2-4-14-27(32)36)25(16-17-28(33)37)34-31(39)26-19-23-12-6-10-22-11-7-15-29(38)35(26)30(22)23/h5-6,9-10,12-13,18,20,25-26H,2-4,7-8,11,14-17,19H2,1H3,(H2,32,36)(H2,33,37)(H,34,39)/t20-,25+,26+/m1/s1. The predicted molar refractivity (Wildman–Crippen MR) is 153 cm³/mol. The Morgan fingerprint density at radius 2 is 1.75 bits per heavy atom. The SMILES string of the molecule is C[C@@H](Oc1cccc(CCCCCC(N)=O)c1)[C@H](CCC(N)=O)NC(=O)[C@@H]1Cc2cccc3c2N1C(=O)CCC3. The molecule has 2 aliphatic heterocycles. The number of ether oxygens (including phenoxy) is 1. The molecule has 0 aromatic heterocycles. The second kappa shape index (κ2) is 13.5. The summed E-state index contributed by atoms with van der Waals surface area (Å²) in [6.45, 7) is 1.86. The molecule has 2 aromatic rings. The van der Waals surface area contributed by atoms with Crippen LogP contribution in [0.4, 0.5) is 5.69 Å². The van der Waals surface area contributed by atoms with E-state index in [4.69, 9.17) is 16.2 Å². The summed E-state index contributed by atoms with van der Waals surface area (Å²) < 4.78 is 6.25. The minimum Gasteiger partial charge on any atom is -0.489 e. The van der Waals surface area contributed by atoms with Gasteiger partial charge in [0.05, 0.1) is 11.7 Å². The molecule has 0 unspecified atom stereocenters. The van der Waals surface area contributed by atoms with E-state index in [1.165, 1.54) is 0 Å². The number of hydrogen-bond acceptors (Lipinski definition) is 5. The smallest absolute Gasteiger partial charge is 0.243 e. The Morgan fingerprint density at radius 3 is 2.52 bits per heavy atom. The number of hydrogen-bond donors (Lipinski definition) is 3. The van der Waals surface area contributed by atoms with Crippen molar-refractivity contribution < 1.29 is 23.9 Å². The van der Waals surface area contributed by atoms with Crippen molar-refractivity contribution in [3.63, 3.8) is 0 Å². The predicted octanol–water partition coefficient (Wildman–Crippen LogP) is 3.09. The van der Waals surface area contributed by atoms with E-state index in [0.29, 0.717) is 31.4 Å². The van der Waals surface area contributed by atoms with Gasteiger partial charge >= 0.3 is 0 Å². The largest absolute Gasteiger partial charge is 0.489 e. The first-order chi connectivity index (χ1) is 19.2. The monoisotopic (exact) mass is 548 g/mol. The summed E-state index contributed by atoms with van der Waals surface area (Å²) in [6.07, 6.45) is 6.29. The molecule has 0 saturated carbocycles. The highest BCUT2D eigenvalue weighted by molar-refractivity contribution is 6.04. The summed E-state index contributed by atoms with van der Waals surface area (Å²) in [6, 6.07) is 12.7. The number of para-hydroxylation sites is 1. The van der Waals surface area contributed by atoms with Crippen LogP contribution in [0.25, 0.3) is 0 Å². The van der Waals surface area contributed by atoms with E-state index < -0.39 is 24.1 Å². The fraction of sp³-hybridized carbons (Fsp3) is 0.484. The average molecular weight is 549 g/mol. The molecular formula is C31H40N4O5. The molecule has 2 heterocycles. The Hall–Kier alpha value is -3.88. The lowest BCUT2D eigenvalue weighted by Crippen LogP contribution is -2.53. The highest BCUT2D eigenvalue weighted by Gasteiger charge is 2.41. The number of aryl methyl sites for hydroxylation is 2. The van der Waals surface area contributed by atoms with E-state index in [1.54, 1.807) is 4.90 Å². The molecule has 0 aliphatic carbocycles. The maximum atomic E-state index is 13.7. The second-order valence-corrected chi connectivity index (χ2v) is 10.9. The van der Waals surface area contributed by atoms with Crippen molar-refractivity contribution >= 4 is 29.3 Å². The number of nitrogens with zero attached hydrogens (tertiary/aromatic N) is 1. The number of carbonyl (C=O) groups is 4. The molecule has 2 aliphatic rings. The molecule has 0 saturated heterocycles. The zero-order valence-corrected chi connectivity index (χ0v) is 23.2. The Labute approximate surface area is 235 Å². The third-order valence-electron chi connectivity index (χ3n) is 7.78. The number of rotatable bonds is 14. The van der Waals surface area contributed by atoms with Gasteiger partial charge in [-0.15, -0.1) is 0 Å². The molecule has 2 aromatic carbocycles. The van der Waals surface area contributed by atoms with Gasteiger partial charge in [0.25, 0.3) is 0 Å². The number of carbonyl (C=O) groups excluding carboxylic acids is 4. The Bertz CT molecular complexity index is 1250. The summed E-state index contributed by atoms with van der Waals surface area (Å²) >= 11 is 0. The average Bonchev–Trinajstić information content (AvgIpc) is 3.23. The van der Waals surface area contributed by atoms with E-state index in [0.717, 1.165) is 60.9 Å². The fourth-order valence-corrected chi connectivity index (χ4v) is 5.71. The van der Waals surface area contributed by atoms with Crippen LogP contribution in [-0.2, 0) is 38.4 Å². The van der Waals surface area contributed by atoms with Gasteiger partial charge in [0.15, 0.2) is 0 Å². The van der Waals surface area contributed by atoms with Crippen LogP contribution in [0, 0.1) is 0 Å². The number of unbranched alkanes of at least 4 members (excludes halogenated alkanes) is 2. The van der Waals surface area contributed by atoms with Crippen LogP contribution in [0.3, 0.4) is 0 Å². The molecule has 3 atom stereocenters. The van der Waals surface area contributed by atoms with Crippen LogP contribution in [0.1, 0.15) is 75.0 Å². The molecule has 40 heavy (non-hydrogen) atoms. The minimum atomic E-state index is -0.636. The van der Waals surface area contributed by atoms with E-state index in [9.17, 15) is 19.2 Å². The van der Waals surface area contributed by atoms with Crippen LogP contribution < -0.4 is 26.4 Å². The molecule has 4 rings (SSSR count). The van der Waals surface area contributed by atoms with Crippen molar-refractivity contribution in [3.05, 3.63) is 59.2 Å². The van der Waals surface area contributed by atoms with Crippen LogP contribution in [0.15, 0.2) is 42.5 Å². The second-order valence-electron chi connectivity index (χ2n) is 10.9. The van der Waals surface area contributed by atoms with Gasteiger partial charge in [0.1, 0.15) is 17.9 Å². The maximum Gasteiger partial charge on any atom is 0.243 e. The van der Waals surface area contributed by atoms with Crippen molar-refractivity contribution in [1.82, 2.24) is 5.32 Å². The quantitative estimate of drug-likeness (QED) is 0.311. The van der Waals surface area contributed by atoms with Crippen molar-refractivity contribution in [2.24, 2.45) is 11.5 Å². The fourth-order valence-electron chi connectivity index (χ4n) is 5.71. The lowest BCUT2D eigenvalue weighted by Gasteiger charge is -2.30. The Balaban J connectivity index is 1.42. The van der Waals surface area contributed by atoms with Gasteiger partial charge in [-0.25, -0.2) is 0 Å². The van der Waals surface area contributed by atoms with Crippen molar-refractivity contribution in [2.75, 3.05) is 4.90 Å². The highest BCUT2D eigenvalue weighted by Crippen LogP contribution is 2.39.